The molecule has 0 fully saturated rings. The first kappa shape index (κ1) is 40.6. The SMILES string of the molecule is Brc1ccc2c(-c3cccc4ccccc34)c3ccccc3c(-c3cccc4ccccc34)c2c1.Brc1cccc2ccccc12.O=C1c2ccccc2C(=O)c2cc(Br)ccc21. The van der Waals surface area contributed by atoms with E-state index in [9.17, 15) is 9.59 Å². The zero-order valence-electron chi connectivity index (χ0n) is 33.7. The fourth-order valence-electron chi connectivity index (χ4n) is 8.88. The van der Waals surface area contributed by atoms with E-state index < -0.39 is 0 Å². The standard InChI is InChI=1S/C34H21Br.C14H7BrO2.C10H7Br/c35-24-19-20-31-32(21-24)34(28-18-8-12-23-10-2-4-14-26(23)28)30-16-6-5-15-29(30)33(31)27-17-7-11-22-9-1-3-13-25(22)27;15-8-5-6-11-12(7-8)14(17)10-4-2-1-3-9(10)13(11)16;11-10-7-3-5-8-4-1-2-6-9(8)10/h1-21H;1-7H;1-7H. The van der Waals surface area contributed by atoms with Crippen LogP contribution in [0.4, 0.5) is 0 Å². The second-order valence-corrected chi connectivity index (χ2v) is 18.1. The molecule has 63 heavy (non-hydrogen) atoms. The third kappa shape index (κ3) is 7.61. The van der Waals surface area contributed by atoms with Crippen molar-refractivity contribution in [3.8, 4) is 22.3 Å². The number of hydrogen-bond donors (Lipinski definition) is 0. The van der Waals surface area contributed by atoms with Gasteiger partial charge in [-0.05, 0) is 113 Å². The predicted molar refractivity (Wildman–Crippen MR) is 274 cm³/mol. The van der Waals surface area contributed by atoms with Gasteiger partial charge < -0.3 is 0 Å². The van der Waals surface area contributed by atoms with Crippen molar-refractivity contribution < 1.29 is 9.59 Å². The molecule has 0 radical (unpaired) electrons. The maximum atomic E-state index is 12.2. The number of fused-ring (bicyclic) bond motifs is 7. The van der Waals surface area contributed by atoms with Gasteiger partial charge in [-0.1, -0.05) is 224 Å². The van der Waals surface area contributed by atoms with Crippen LogP contribution in [-0.2, 0) is 0 Å². The first-order chi connectivity index (χ1) is 30.9. The van der Waals surface area contributed by atoms with Crippen molar-refractivity contribution >= 4 is 113 Å². The molecule has 0 bridgehead atoms. The van der Waals surface area contributed by atoms with Crippen molar-refractivity contribution in [3.63, 3.8) is 0 Å². The summed E-state index contributed by atoms with van der Waals surface area (Å²) >= 11 is 10.6. The molecule has 1 aliphatic carbocycles. The molecule has 0 N–H and O–H groups in total. The summed E-state index contributed by atoms with van der Waals surface area (Å²) in [6.45, 7) is 0. The van der Waals surface area contributed by atoms with Gasteiger partial charge >= 0.3 is 0 Å². The largest absolute Gasteiger partial charge is 0.289 e. The Morgan fingerprint density at radius 3 is 1.19 bits per heavy atom. The molecule has 11 aromatic carbocycles. The van der Waals surface area contributed by atoms with Crippen molar-refractivity contribution in [1.29, 1.82) is 0 Å². The van der Waals surface area contributed by atoms with Gasteiger partial charge in [0.15, 0.2) is 11.6 Å². The third-order valence-corrected chi connectivity index (χ3v) is 13.4. The van der Waals surface area contributed by atoms with Crippen molar-refractivity contribution in [2.45, 2.75) is 0 Å². The third-order valence-electron chi connectivity index (χ3n) is 11.7. The van der Waals surface area contributed by atoms with Crippen LogP contribution in [0.5, 0.6) is 0 Å². The average Bonchev–Trinajstić information content (AvgIpc) is 3.33. The van der Waals surface area contributed by atoms with Gasteiger partial charge in [0.1, 0.15) is 0 Å². The molecule has 0 spiro atoms. The van der Waals surface area contributed by atoms with Crippen LogP contribution in [0.2, 0.25) is 0 Å². The van der Waals surface area contributed by atoms with Gasteiger partial charge in [0.2, 0.25) is 0 Å². The van der Waals surface area contributed by atoms with Gasteiger partial charge in [-0.15, -0.1) is 0 Å². The van der Waals surface area contributed by atoms with Gasteiger partial charge in [0.25, 0.3) is 0 Å². The quantitative estimate of drug-likeness (QED) is 0.162. The molecule has 0 amide bonds. The minimum absolute atomic E-state index is 0.0808. The maximum absolute atomic E-state index is 12.2. The van der Waals surface area contributed by atoms with E-state index in [1.807, 2.05) is 12.1 Å². The normalized spacial score (nSPS) is 11.8. The zero-order chi connectivity index (χ0) is 43.0. The molecule has 300 valence electrons. The van der Waals surface area contributed by atoms with Crippen molar-refractivity contribution in [3.05, 3.63) is 248 Å². The fraction of sp³-hybridized carbons (Fsp3) is 0. The molecular formula is C58H35Br3O2. The van der Waals surface area contributed by atoms with Gasteiger partial charge in [-0.3, -0.25) is 9.59 Å². The highest BCUT2D eigenvalue weighted by Gasteiger charge is 2.29. The van der Waals surface area contributed by atoms with Crippen LogP contribution in [0.3, 0.4) is 0 Å². The number of halogens is 3. The topological polar surface area (TPSA) is 34.1 Å². The van der Waals surface area contributed by atoms with E-state index in [2.05, 4.69) is 206 Å². The lowest BCUT2D eigenvalue weighted by atomic mass is 9.84. The predicted octanol–water partition coefficient (Wildman–Crippen LogP) is 17.2. The molecular weight excluding hydrogens is 968 g/mol. The summed E-state index contributed by atoms with van der Waals surface area (Å²) < 4.78 is 3.05. The highest BCUT2D eigenvalue weighted by molar-refractivity contribution is 9.11. The van der Waals surface area contributed by atoms with Crippen LogP contribution >= 0.6 is 47.8 Å². The monoisotopic (exact) mass is 1000 g/mol. The van der Waals surface area contributed by atoms with Gasteiger partial charge in [-0.25, -0.2) is 0 Å². The maximum Gasteiger partial charge on any atom is 0.194 e. The van der Waals surface area contributed by atoms with Crippen LogP contribution in [0, 0.1) is 0 Å². The van der Waals surface area contributed by atoms with Gasteiger partial charge in [0, 0.05) is 35.7 Å². The minimum atomic E-state index is -0.0866. The summed E-state index contributed by atoms with van der Waals surface area (Å²) in [6, 6.07) is 72.9. The van der Waals surface area contributed by atoms with Crippen molar-refractivity contribution in [2.24, 2.45) is 0 Å². The Bertz CT molecular complexity index is 3590. The molecule has 0 saturated heterocycles. The Balaban J connectivity index is 0.000000138. The first-order valence-corrected chi connectivity index (χ1v) is 22.9. The number of benzene rings is 11. The zero-order valence-corrected chi connectivity index (χ0v) is 38.4. The fourth-order valence-corrected chi connectivity index (χ4v) is 10.1. The van der Waals surface area contributed by atoms with E-state index in [1.54, 1.807) is 42.5 Å². The molecule has 0 aromatic heterocycles. The number of ketones is 2. The van der Waals surface area contributed by atoms with E-state index in [4.69, 9.17) is 0 Å². The van der Waals surface area contributed by atoms with Crippen LogP contribution in [0.25, 0.3) is 76.1 Å². The number of hydrogen-bond acceptors (Lipinski definition) is 2. The average molecular weight is 1000 g/mol. The second kappa shape index (κ2) is 17.3. The molecule has 12 rings (SSSR count). The summed E-state index contributed by atoms with van der Waals surface area (Å²) in [6.07, 6.45) is 0. The summed E-state index contributed by atoms with van der Waals surface area (Å²) in [4.78, 5) is 24.4. The molecule has 0 heterocycles. The molecule has 2 nitrogen and oxygen atoms in total. The van der Waals surface area contributed by atoms with Crippen LogP contribution in [0.15, 0.2) is 226 Å². The molecule has 0 aliphatic heterocycles. The molecule has 0 saturated carbocycles. The molecule has 11 aromatic rings. The molecule has 1 aliphatic rings. The van der Waals surface area contributed by atoms with Crippen molar-refractivity contribution in [1.82, 2.24) is 0 Å². The highest BCUT2D eigenvalue weighted by atomic mass is 79.9. The molecule has 5 heteroatoms. The highest BCUT2D eigenvalue weighted by Crippen LogP contribution is 2.47. The Labute approximate surface area is 390 Å². The number of carbonyl (C=O) groups is 2. The van der Waals surface area contributed by atoms with E-state index in [1.165, 1.54) is 76.1 Å². The lowest BCUT2D eigenvalue weighted by molar-refractivity contribution is 0.0979. The van der Waals surface area contributed by atoms with Crippen LogP contribution in [-0.4, -0.2) is 11.6 Å². The first-order valence-electron chi connectivity index (χ1n) is 20.6. The molecule has 0 unspecified atom stereocenters. The van der Waals surface area contributed by atoms with E-state index in [-0.39, 0.29) is 11.6 Å². The van der Waals surface area contributed by atoms with Gasteiger partial charge in [0.05, 0.1) is 0 Å². The van der Waals surface area contributed by atoms with Crippen molar-refractivity contribution in [2.75, 3.05) is 0 Å². The van der Waals surface area contributed by atoms with E-state index >= 15 is 0 Å². The Morgan fingerprint density at radius 2 is 0.619 bits per heavy atom. The second-order valence-electron chi connectivity index (χ2n) is 15.4. The smallest absolute Gasteiger partial charge is 0.194 e. The van der Waals surface area contributed by atoms with Crippen LogP contribution in [0.1, 0.15) is 31.8 Å². The lowest BCUT2D eigenvalue weighted by Gasteiger charge is -2.20. The summed E-state index contributed by atoms with van der Waals surface area (Å²) in [5.74, 6) is -0.167. The van der Waals surface area contributed by atoms with E-state index in [0.717, 1.165) is 13.4 Å². The Kier molecular flexibility index (Phi) is 11.2. The Hall–Kier alpha value is -6.50. The summed E-state index contributed by atoms with van der Waals surface area (Å²) in [5.41, 5.74) is 7.07. The lowest BCUT2D eigenvalue weighted by Crippen LogP contribution is -2.20. The Morgan fingerprint density at radius 1 is 0.254 bits per heavy atom. The summed E-state index contributed by atoms with van der Waals surface area (Å²) in [5, 5.41) is 12.7. The summed E-state index contributed by atoms with van der Waals surface area (Å²) in [7, 11) is 0. The van der Waals surface area contributed by atoms with Gasteiger partial charge in [-0.2, -0.15) is 0 Å². The number of rotatable bonds is 2. The molecule has 0 atom stereocenters. The minimum Gasteiger partial charge on any atom is -0.289 e. The van der Waals surface area contributed by atoms with Crippen LogP contribution < -0.4 is 0 Å². The van der Waals surface area contributed by atoms with E-state index in [0.29, 0.717) is 22.3 Å². The number of carbonyl (C=O) groups excluding carboxylic acids is 2.